The molecule has 268 valence electrons. The lowest BCUT2D eigenvalue weighted by atomic mass is 9.46. The van der Waals surface area contributed by atoms with Gasteiger partial charge >= 0.3 is 0 Å². The van der Waals surface area contributed by atoms with E-state index in [1.807, 2.05) is 0 Å². The molecule has 5 atom stereocenters. The number of hydrogen-bond acceptors (Lipinski definition) is 1. The summed E-state index contributed by atoms with van der Waals surface area (Å²) in [4.78, 5) is 2.57. The van der Waals surface area contributed by atoms with E-state index in [9.17, 15) is 0 Å². The first-order valence-corrected chi connectivity index (χ1v) is 21.0. The predicted octanol–water partition coefficient (Wildman–Crippen LogP) is 14.4. The van der Waals surface area contributed by atoms with Gasteiger partial charge in [0.2, 0.25) is 0 Å². The topological polar surface area (TPSA) is 3.24 Å². The smallest absolute Gasteiger partial charge is 0.0468 e. The highest BCUT2D eigenvalue weighted by atomic mass is 15.1. The molecule has 2 bridgehead atoms. The third kappa shape index (κ3) is 4.51. The van der Waals surface area contributed by atoms with Gasteiger partial charge in [-0.05, 0) is 148 Å². The van der Waals surface area contributed by atoms with E-state index < -0.39 is 0 Å². The highest BCUT2D eigenvalue weighted by Gasteiger charge is 2.59. The Balaban J connectivity index is 1.11. The fraction of sp³-hybridized carbons (Fsp3) is 0.321. The molecule has 5 aliphatic rings. The first-order chi connectivity index (χ1) is 26.6. The zero-order chi connectivity index (χ0) is 36.0. The summed E-state index contributed by atoms with van der Waals surface area (Å²) in [5.74, 6) is 3.00. The molecule has 0 radical (unpaired) electrons. The lowest BCUT2D eigenvalue weighted by Crippen LogP contribution is -2.52. The monoisotopic (exact) mass is 701 g/mol. The minimum absolute atomic E-state index is 0.120. The summed E-state index contributed by atoms with van der Waals surface area (Å²) in [6, 6.07) is 54.0. The van der Waals surface area contributed by atoms with Crippen molar-refractivity contribution in [2.75, 3.05) is 4.90 Å². The average molecular weight is 702 g/mol. The van der Waals surface area contributed by atoms with Crippen molar-refractivity contribution < 1.29 is 0 Å². The Bertz CT molecular complexity index is 2400. The van der Waals surface area contributed by atoms with Gasteiger partial charge in [0.15, 0.2) is 0 Å². The third-order valence-corrected chi connectivity index (χ3v) is 15.2. The van der Waals surface area contributed by atoms with Crippen LogP contribution in [0.3, 0.4) is 0 Å². The minimum atomic E-state index is 0.120. The fourth-order valence-corrected chi connectivity index (χ4v) is 12.9. The van der Waals surface area contributed by atoms with Crippen LogP contribution in [0.15, 0.2) is 140 Å². The minimum Gasteiger partial charge on any atom is -0.310 e. The molecule has 1 heteroatoms. The molecule has 0 aromatic heterocycles. The van der Waals surface area contributed by atoms with E-state index >= 15 is 0 Å². The van der Waals surface area contributed by atoms with Crippen molar-refractivity contribution in [2.45, 2.75) is 82.5 Å². The van der Waals surface area contributed by atoms with E-state index in [1.165, 1.54) is 114 Å². The summed E-state index contributed by atoms with van der Waals surface area (Å²) >= 11 is 0. The Hall–Kier alpha value is -4.88. The highest BCUT2D eigenvalue weighted by Crippen LogP contribution is 2.67. The lowest BCUT2D eigenvalue weighted by molar-refractivity contribution is 0.0119. The van der Waals surface area contributed by atoms with Crippen LogP contribution in [-0.2, 0) is 10.8 Å². The van der Waals surface area contributed by atoms with Crippen molar-refractivity contribution in [1.29, 1.82) is 0 Å². The number of rotatable bonds is 5. The zero-order valence-corrected chi connectivity index (χ0v) is 31.9. The maximum absolute atomic E-state index is 2.59. The first kappa shape index (κ1) is 32.5. The Morgan fingerprint density at radius 3 is 2.00 bits per heavy atom. The quantitative estimate of drug-likeness (QED) is 0.173. The van der Waals surface area contributed by atoms with Crippen LogP contribution in [0.1, 0.15) is 93.9 Å². The van der Waals surface area contributed by atoms with Gasteiger partial charge in [0.1, 0.15) is 0 Å². The second-order valence-corrected chi connectivity index (χ2v) is 17.6. The molecule has 0 amide bonds. The van der Waals surface area contributed by atoms with Gasteiger partial charge in [0.25, 0.3) is 0 Å². The molecule has 2 spiro atoms. The van der Waals surface area contributed by atoms with Crippen LogP contribution < -0.4 is 4.90 Å². The molecule has 6 aromatic carbocycles. The first-order valence-electron chi connectivity index (χ1n) is 21.0. The standard InChI is InChI=1S/C53H51N/c1-3-36-30-39-23-22-35(2)50(31-36)53(39)48-21-10-8-19-44(48)46-33-41(25-27-49(46)53)54(40-17-13-16-38(32-40)37-14-5-4-6-15-37)42-24-26-45-43-18-7-9-20-47(43)52(51(45)34-42)28-11-12-29-52/h4-10,13-21,24-27,32-36,39,50H,3,11-12,22-23,28-31H2,1-2H3/t35-,36?,39?,50?,53?/m0/s1. The van der Waals surface area contributed by atoms with Gasteiger partial charge in [-0.25, -0.2) is 0 Å². The van der Waals surface area contributed by atoms with Gasteiger partial charge in [-0.3, -0.25) is 0 Å². The fourth-order valence-electron chi connectivity index (χ4n) is 12.9. The van der Waals surface area contributed by atoms with E-state index in [4.69, 9.17) is 0 Å². The van der Waals surface area contributed by atoms with Crippen molar-refractivity contribution in [1.82, 2.24) is 0 Å². The van der Waals surface area contributed by atoms with Crippen molar-refractivity contribution in [3.63, 3.8) is 0 Å². The van der Waals surface area contributed by atoms with Crippen LogP contribution in [-0.4, -0.2) is 0 Å². The summed E-state index contributed by atoms with van der Waals surface area (Å²) in [7, 11) is 0. The maximum atomic E-state index is 2.59. The second-order valence-electron chi connectivity index (χ2n) is 17.6. The molecule has 0 N–H and O–H groups in total. The number of benzene rings is 6. The summed E-state index contributed by atoms with van der Waals surface area (Å²) in [5, 5.41) is 0. The van der Waals surface area contributed by atoms with E-state index in [0.717, 1.165) is 11.8 Å². The Morgan fingerprint density at radius 1 is 0.537 bits per heavy atom. The SMILES string of the molecule is CCC1CC2CC[C@H](C)C(C1)C21c2ccccc2-c2cc(N(c3cccc(-c4ccccc4)c3)c3ccc4c(c3)C3(CCCC3)c3ccccc3-4)ccc21. The molecule has 3 saturated carbocycles. The molecular weight excluding hydrogens is 651 g/mol. The average Bonchev–Trinajstić information content (AvgIpc) is 3.90. The van der Waals surface area contributed by atoms with Crippen molar-refractivity contribution in [2.24, 2.45) is 23.7 Å². The molecule has 0 heterocycles. The molecule has 4 unspecified atom stereocenters. The van der Waals surface area contributed by atoms with Gasteiger partial charge in [0.05, 0.1) is 0 Å². The lowest BCUT2D eigenvalue weighted by Gasteiger charge is -2.57. The maximum Gasteiger partial charge on any atom is 0.0468 e. The van der Waals surface area contributed by atoms with E-state index in [-0.39, 0.29) is 10.8 Å². The van der Waals surface area contributed by atoms with Crippen LogP contribution in [0.2, 0.25) is 0 Å². The highest BCUT2D eigenvalue weighted by molar-refractivity contribution is 5.90. The van der Waals surface area contributed by atoms with Crippen LogP contribution in [0.25, 0.3) is 33.4 Å². The van der Waals surface area contributed by atoms with Gasteiger partial charge in [-0.2, -0.15) is 0 Å². The van der Waals surface area contributed by atoms with E-state index in [2.05, 4.69) is 158 Å². The predicted molar refractivity (Wildman–Crippen MR) is 226 cm³/mol. The number of fused-ring (bicyclic) bond motifs is 8. The molecular formula is C53H51N. The van der Waals surface area contributed by atoms with Gasteiger partial charge in [-0.15, -0.1) is 0 Å². The number of hydrogen-bond donors (Lipinski definition) is 0. The summed E-state index contributed by atoms with van der Waals surface area (Å²) < 4.78 is 0. The largest absolute Gasteiger partial charge is 0.310 e. The Kier molecular flexibility index (Phi) is 7.43. The second kappa shape index (κ2) is 12.3. The number of anilines is 3. The van der Waals surface area contributed by atoms with Crippen LogP contribution in [0.4, 0.5) is 17.1 Å². The Morgan fingerprint density at radius 2 is 1.19 bits per heavy atom. The van der Waals surface area contributed by atoms with Gasteiger partial charge in [0, 0.05) is 27.9 Å². The number of nitrogens with zero attached hydrogens (tertiary/aromatic N) is 1. The molecule has 0 saturated heterocycles. The normalized spacial score (nSPS) is 25.3. The zero-order valence-electron chi connectivity index (χ0n) is 31.9. The third-order valence-electron chi connectivity index (χ3n) is 15.2. The summed E-state index contributed by atoms with van der Waals surface area (Å²) in [6.07, 6.45) is 11.8. The van der Waals surface area contributed by atoms with Gasteiger partial charge < -0.3 is 4.90 Å². The van der Waals surface area contributed by atoms with Crippen molar-refractivity contribution >= 4 is 17.1 Å². The van der Waals surface area contributed by atoms with Crippen LogP contribution >= 0.6 is 0 Å². The van der Waals surface area contributed by atoms with Crippen LogP contribution in [0.5, 0.6) is 0 Å². The Labute approximate surface area is 322 Å². The van der Waals surface area contributed by atoms with E-state index in [0.29, 0.717) is 11.8 Å². The summed E-state index contributed by atoms with van der Waals surface area (Å²) in [5.41, 5.74) is 18.6. The molecule has 54 heavy (non-hydrogen) atoms. The van der Waals surface area contributed by atoms with Gasteiger partial charge in [-0.1, -0.05) is 143 Å². The molecule has 3 fully saturated rings. The molecule has 6 aromatic rings. The van der Waals surface area contributed by atoms with Crippen molar-refractivity contribution in [3.8, 4) is 33.4 Å². The molecule has 11 rings (SSSR count). The summed E-state index contributed by atoms with van der Waals surface area (Å²) in [6.45, 7) is 5.00. The molecule has 1 nitrogen and oxygen atoms in total. The van der Waals surface area contributed by atoms with Crippen LogP contribution in [0, 0.1) is 23.7 Å². The molecule has 0 aliphatic heterocycles. The van der Waals surface area contributed by atoms with Crippen molar-refractivity contribution in [3.05, 3.63) is 162 Å². The molecule has 5 aliphatic carbocycles. The van der Waals surface area contributed by atoms with E-state index in [1.54, 1.807) is 16.7 Å².